The van der Waals surface area contributed by atoms with Gasteiger partial charge < -0.3 is 10.1 Å². The van der Waals surface area contributed by atoms with Crippen LogP contribution in [0.5, 0.6) is 5.75 Å². The van der Waals surface area contributed by atoms with Gasteiger partial charge in [-0.25, -0.2) is 0 Å². The lowest BCUT2D eigenvalue weighted by Crippen LogP contribution is -2.36. The molecule has 2 rings (SSSR count). The number of carbonyl (C=O) groups excluding carboxylic acids is 1. The molecule has 0 bridgehead atoms. The van der Waals surface area contributed by atoms with Crippen molar-refractivity contribution in [1.82, 2.24) is 0 Å². The molecule has 1 unspecified atom stereocenters. The third-order valence-electron chi connectivity index (χ3n) is 2.36. The van der Waals surface area contributed by atoms with Crippen LogP contribution in [-0.4, -0.2) is 17.3 Å². The third-order valence-corrected chi connectivity index (χ3v) is 3.16. The zero-order valence-corrected chi connectivity index (χ0v) is 10.8. The summed E-state index contributed by atoms with van der Waals surface area (Å²) in [6.45, 7) is 0. The second kappa shape index (κ2) is 5.06. The summed E-state index contributed by atoms with van der Waals surface area (Å²) in [4.78, 5) is 11.7. The smallest absolute Gasteiger partial charge is 0.265 e. The van der Waals surface area contributed by atoms with Gasteiger partial charge in [0, 0.05) is 10.4 Å². The Bertz CT molecular complexity index is 411. The third kappa shape index (κ3) is 2.50. The molecular weight excluding hydrogens is 293 g/mol. The van der Waals surface area contributed by atoms with Crippen molar-refractivity contribution < 1.29 is 9.53 Å². The van der Waals surface area contributed by atoms with Crippen LogP contribution in [0, 0.1) is 0 Å². The molecule has 0 radical (unpaired) electrons. The number of ether oxygens (including phenoxy) is 1. The van der Waals surface area contributed by atoms with E-state index in [9.17, 15) is 4.79 Å². The molecule has 1 aromatic rings. The average molecular weight is 305 g/mol. The van der Waals surface area contributed by atoms with E-state index in [1.807, 2.05) is 0 Å². The van der Waals surface area contributed by atoms with Gasteiger partial charge in [0.2, 0.25) is 0 Å². The number of alkyl halides is 1. The topological polar surface area (TPSA) is 38.3 Å². The van der Waals surface area contributed by atoms with E-state index in [1.165, 1.54) is 0 Å². The standard InChI is InChI=1S/C11H11BrClNO2/c12-5-1-2-10-11(15)14-8-6-7(13)3-4-9(8)16-10/h3-4,6,10H,1-2,5H2,(H,14,15). The minimum atomic E-state index is -0.397. The highest BCUT2D eigenvalue weighted by Crippen LogP contribution is 2.32. The Morgan fingerprint density at radius 1 is 1.50 bits per heavy atom. The van der Waals surface area contributed by atoms with Crippen molar-refractivity contribution in [2.24, 2.45) is 0 Å². The first-order valence-corrected chi connectivity index (χ1v) is 6.53. The Balaban J connectivity index is 2.15. The Hall–Kier alpha value is -0.740. The highest BCUT2D eigenvalue weighted by molar-refractivity contribution is 9.09. The van der Waals surface area contributed by atoms with Crippen molar-refractivity contribution in [3.05, 3.63) is 23.2 Å². The molecule has 1 amide bonds. The van der Waals surface area contributed by atoms with Crippen LogP contribution in [0.1, 0.15) is 12.8 Å². The van der Waals surface area contributed by atoms with Gasteiger partial charge in [0.1, 0.15) is 5.75 Å². The summed E-state index contributed by atoms with van der Waals surface area (Å²) in [6, 6.07) is 5.22. The minimum absolute atomic E-state index is 0.101. The summed E-state index contributed by atoms with van der Waals surface area (Å²) < 4.78 is 5.61. The van der Waals surface area contributed by atoms with Crippen LogP contribution in [-0.2, 0) is 4.79 Å². The number of benzene rings is 1. The van der Waals surface area contributed by atoms with E-state index in [4.69, 9.17) is 16.3 Å². The molecule has 0 spiro atoms. The second-order valence-corrected chi connectivity index (χ2v) is 4.80. The Labute approximate surface area is 107 Å². The number of hydrogen-bond acceptors (Lipinski definition) is 2. The number of rotatable bonds is 3. The van der Waals surface area contributed by atoms with Crippen LogP contribution in [0.4, 0.5) is 5.69 Å². The van der Waals surface area contributed by atoms with E-state index in [0.717, 1.165) is 11.8 Å². The first-order valence-electron chi connectivity index (χ1n) is 5.04. The van der Waals surface area contributed by atoms with Crippen LogP contribution in [0.25, 0.3) is 0 Å². The molecule has 1 aliphatic heterocycles. The molecule has 1 heterocycles. The molecule has 16 heavy (non-hydrogen) atoms. The molecule has 0 saturated carbocycles. The molecule has 0 aliphatic carbocycles. The highest BCUT2D eigenvalue weighted by atomic mass is 79.9. The minimum Gasteiger partial charge on any atom is -0.478 e. The van der Waals surface area contributed by atoms with Crippen molar-refractivity contribution in [1.29, 1.82) is 0 Å². The fourth-order valence-corrected chi connectivity index (χ4v) is 2.07. The van der Waals surface area contributed by atoms with Crippen LogP contribution in [0.2, 0.25) is 5.02 Å². The summed E-state index contributed by atoms with van der Waals surface area (Å²) in [6.07, 6.45) is 1.21. The van der Waals surface area contributed by atoms with E-state index in [0.29, 0.717) is 22.9 Å². The van der Waals surface area contributed by atoms with Gasteiger partial charge >= 0.3 is 0 Å². The molecule has 1 N–H and O–H groups in total. The van der Waals surface area contributed by atoms with Gasteiger partial charge in [0.15, 0.2) is 6.10 Å². The number of hydrogen-bond donors (Lipinski definition) is 1. The SMILES string of the molecule is O=C1Nc2cc(Cl)ccc2OC1CCCBr. The number of nitrogens with one attached hydrogen (secondary N) is 1. The molecule has 3 nitrogen and oxygen atoms in total. The maximum Gasteiger partial charge on any atom is 0.265 e. The van der Waals surface area contributed by atoms with Crippen LogP contribution in [0.15, 0.2) is 18.2 Å². The number of anilines is 1. The average Bonchev–Trinajstić information content (AvgIpc) is 2.26. The van der Waals surface area contributed by atoms with Crippen LogP contribution in [0.3, 0.4) is 0 Å². The first kappa shape index (κ1) is 11.7. The first-order chi connectivity index (χ1) is 7.70. The summed E-state index contributed by atoms with van der Waals surface area (Å²) >= 11 is 9.16. The number of halogens is 2. The molecule has 0 fully saturated rings. The zero-order valence-electron chi connectivity index (χ0n) is 8.50. The predicted molar refractivity (Wildman–Crippen MR) is 67.5 cm³/mol. The van der Waals surface area contributed by atoms with E-state index < -0.39 is 6.10 Å². The lowest BCUT2D eigenvalue weighted by Gasteiger charge is -2.25. The van der Waals surface area contributed by atoms with Crippen LogP contribution < -0.4 is 10.1 Å². The predicted octanol–water partition coefficient (Wildman–Crippen LogP) is 3.21. The Morgan fingerprint density at radius 2 is 2.31 bits per heavy atom. The number of fused-ring (bicyclic) bond motifs is 1. The molecule has 86 valence electrons. The van der Waals surface area contributed by atoms with Crippen molar-refractivity contribution in [3.8, 4) is 5.75 Å². The molecule has 1 aromatic carbocycles. The normalized spacial score (nSPS) is 18.6. The van der Waals surface area contributed by atoms with E-state index in [-0.39, 0.29) is 5.91 Å². The van der Waals surface area contributed by atoms with Crippen molar-refractivity contribution in [2.75, 3.05) is 10.6 Å². The van der Waals surface area contributed by atoms with Gasteiger partial charge in [-0.15, -0.1) is 0 Å². The lowest BCUT2D eigenvalue weighted by molar-refractivity contribution is -0.123. The van der Waals surface area contributed by atoms with Gasteiger partial charge in [-0.2, -0.15) is 0 Å². The largest absolute Gasteiger partial charge is 0.478 e. The van der Waals surface area contributed by atoms with Crippen molar-refractivity contribution >= 4 is 39.1 Å². The fraction of sp³-hybridized carbons (Fsp3) is 0.364. The monoisotopic (exact) mass is 303 g/mol. The number of carbonyl (C=O) groups is 1. The molecule has 0 saturated heterocycles. The Kier molecular flexibility index (Phi) is 3.71. The highest BCUT2D eigenvalue weighted by Gasteiger charge is 2.26. The van der Waals surface area contributed by atoms with E-state index in [2.05, 4.69) is 21.2 Å². The van der Waals surface area contributed by atoms with Gasteiger partial charge in [-0.05, 0) is 31.0 Å². The lowest BCUT2D eigenvalue weighted by atomic mass is 10.1. The summed E-state index contributed by atoms with van der Waals surface area (Å²) in [5, 5.41) is 4.25. The van der Waals surface area contributed by atoms with E-state index in [1.54, 1.807) is 18.2 Å². The van der Waals surface area contributed by atoms with Gasteiger partial charge in [0.05, 0.1) is 5.69 Å². The quantitative estimate of drug-likeness (QED) is 0.871. The van der Waals surface area contributed by atoms with Crippen molar-refractivity contribution in [2.45, 2.75) is 18.9 Å². The zero-order chi connectivity index (χ0) is 11.5. The van der Waals surface area contributed by atoms with E-state index >= 15 is 0 Å². The molecule has 1 atom stereocenters. The maximum absolute atomic E-state index is 11.7. The number of amides is 1. The maximum atomic E-state index is 11.7. The molecular formula is C11H11BrClNO2. The second-order valence-electron chi connectivity index (χ2n) is 3.57. The molecule has 0 aromatic heterocycles. The summed E-state index contributed by atoms with van der Waals surface area (Å²) in [5.74, 6) is 0.583. The van der Waals surface area contributed by atoms with Gasteiger partial charge in [-0.1, -0.05) is 27.5 Å². The Morgan fingerprint density at radius 3 is 3.06 bits per heavy atom. The molecule has 5 heteroatoms. The molecule has 1 aliphatic rings. The van der Waals surface area contributed by atoms with Crippen molar-refractivity contribution in [3.63, 3.8) is 0 Å². The fourth-order valence-electron chi connectivity index (χ4n) is 1.58. The van der Waals surface area contributed by atoms with Crippen LogP contribution >= 0.6 is 27.5 Å². The summed E-state index contributed by atoms with van der Waals surface area (Å²) in [7, 11) is 0. The summed E-state index contributed by atoms with van der Waals surface area (Å²) in [5.41, 5.74) is 0.646. The van der Waals surface area contributed by atoms with Gasteiger partial charge in [-0.3, -0.25) is 4.79 Å². The van der Waals surface area contributed by atoms with Gasteiger partial charge in [0.25, 0.3) is 5.91 Å².